The van der Waals surface area contributed by atoms with Gasteiger partial charge < -0.3 is 4.57 Å². The van der Waals surface area contributed by atoms with Crippen molar-refractivity contribution >= 4 is 44.2 Å². The van der Waals surface area contributed by atoms with Crippen molar-refractivity contribution in [1.29, 1.82) is 0 Å². The molecule has 0 amide bonds. The summed E-state index contributed by atoms with van der Waals surface area (Å²) in [6, 6.07) is 5.23. The zero-order chi connectivity index (χ0) is 15.8. The maximum Gasteiger partial charge on any atom is 0.177 e. The van der Waals surface area contributed by atoms with E-state index in [4.69, 9.17) is 11.6 Å². The minimum absolute atomic E-state index is 0.00946. The summed E-state index contributed by atoms with van der Waals surface area (Å²) in [6.07, 6.45) is 3.26. The van der Waals surface area contributed by atoms with E-state index in [9.17, 15) is 8.42 Å². The minimum atomic E-state index is -3.31. The first kappa shape index (κ1) is 16.6. The molecular weight excluding hydrogens is 328 g/mol. The largest absolute Gasteiger partial charge is 0.326 e. The fourth-order valence-electron chi connectivity index (χ4n) is 2.19. The quantitative estimate of drug-likeness (QED) is 0.779. The van der Waals surface area contributed by atoms with E-state index in [0.29, 0.717) is 11.3 Å². The number of thioether (sulfide) groups is 1. The number of alkyl halides is 1. The highest BCUT2D eigenvalue weighted by Crippen LogP contribution is 2.29. The molecule has 0 saturated carbocycles. The average Bonchev–Trinajstić information content (AvgIpc) is 2.75. The van der Waals surface area contributed by atoms with E-state index in [1.165, 1.54) is 6.26 Å². The van der Waals surface area contributed by atoms with Crippen molar-refractivity contribution in [2.45, 2.75) is 35.9 Å². The highest BCUT2D eigenvalue weighted by atomic mass is 35.5. The molecular formula is C14H19ClN2O2S2. The number of hydrogen-bond donors (Lipinski definition) is 0. The highest BCUT2D eigenvalue weighted by Gasteiger charge is 2.23. The number of imidazole rings is 1. The van der Waals surface area contributed by atoms with Crippen LogP contribution < -0.4 is 0 Å². The van der Waals surface area contributed by atoms with E-state index in [0.717, 1.165) is 12.1 Å². The molecule has 0 aliphatic heterocycles. The molecule has 0 unspecified atom stereocenters. The van der Waals surface area contributed by atoms with E-state index in [2.05, 4.69) is 25.1 Å². The van der Waals surface area contributed by atoms with E-state index in [1.54, 1.807) is 23.9 Å². The Balaban J connectivity index is 2.72. The first-order valence-electron chi connectivity index (χ1n) is 6.49. The van der Waals surface area contributed by atoms with Gasteiger partial charge in [0.1, 0.15) is 11.3 Å². The van der Waals surface area contributed by atoms with Gasteiger partial charge in [-0.2, -0.15) is 11.8 Å². The topological polar surface area (TPSA) is 52.0 Å². The lowest BCUT2D eigenvalue weighted by molar-refractivity contribution is 0.566. The molecule has 4 nitrogen and oxygen atoms in total. The van der Waals surface area contributed by atoms with Crippen LogP contribution >= 0.6 is 23.4 Å². The first-order chi connectivity index (χ1) is 9.69. The van der Waals surface area contributed by atoms with Gasteiger partial charge in [0, 0.05) is 17.5 Å². The number of benzene rings is 1. The van der Waals surface area contributed by atoms with Crippen LogP contribution in [0.25, 0.3) is 11.0 Å². The standard InChI is InChI=1S/C14H19ClN2O2S2/c1-14(2,20-3)9-17-10-6-5-7-11(21(4,18)19)13(10)16-12(17)8-15/h5-7H,8-9H2,1-4H3. The van der Waals surface area contributed by atoms with Crippen molar-refractivity contribution in [3.8, 4) is 0 Å². The van der Waals surface area contributed by atoms with Gasteiger partial charge in [0.05, 0.1) is 16.3 Å². The Kier molecular flexibility index (Phi) is 4.61. The summed E-state index contributed by atoms with van der Waals surface area (Å²) in [5, 5.41) is 0. The predicted molar refractivity (Wildman–Crippen MR) is 90.0 cm³/mol. The third kappa shape index (κ3) is 3.38. The molecule has 0 saturated heterocycles. The molecule has 7 heteroatoms. The molecule has 0 bridgehead atoms. The Morgan fingerprint density at radius 2 is 2.05 bits per heavy atom. The lowest BCUT2D eigenvalue weighted by Crippen LogP contribution is -2.23. The number of halogens is 1. The fraction of sp³-hybridized carbons (Fsp3) is 0.500. The maximum absolute atomic E-state index is 11.9. The molecule has 0 aliphatic rings. The van der Waals surface area contributed by atoms with Crippen molar-refractivity contribution in [1.82, 2.24) is 9.55 Å². The second-order valence-corrected chi connectivity index (χ2v) is 9.37. The van der Waals surface area contributed by atoms with Crippen LogP contribution in [0.2, 0.25) is 0 Å². The molecule has 2 aromatic rings. The maximum atomic E-state index is 11.9. The van der Waals surface area contributed by atoms with Gasteiger partial charge in [-0.3, -0.25) is 0 Å². The van der Waals surface area contributed by atoms with Crippen LogP contribution in [0.1, 0.15) is 19.7 Å². The molecule has 1 aromatic carbocycles. The number of sulfone groups is 1. The number of para-hydroxylation sites is 1. The minimum Gasteiger partial charge on any atom is -0.326 e. The van der Waals surface area contributed by atoms with Crippen LogP contribution in [-0.2, 0) is 22.3 Å². The van der Waals surface area contributed by atoms with Gasteiger partial charge in [-0.15, -0.1) is 11.6 Å². The summed E-state index contributed by atoms with van der Waals surface area (Å²) >= 11 is 7.76. The van der Waals surface area contributed by atoms with Gasteiger partial charge in [0.2, 0.25) is 0 Å². The smallest absolute Gasteiger partial charge is 0.177 e. The monoisotopic (exact) mass is 346 g/mol. The van der Waals surface area contributed by atoms with Crippen LogP contribution in [0.3, 0.4) is 0 Å². The summed E-state index contributed by atoms with van der Waals surface area (Å²) in [6.45, 7) is 5.00. The molecule has 0 N–H and O–H groups in total. The Labute approximate surface area is 134 Å². The Morgan fingerprint density at radius 1 is 1.38 bits per heavy atom. The lowest BCUT2D eigenvalue weighted by atomic mass is 10.2. The normalized spacial score (nSPS) is 13.0. The Morgan fingerprint density at radius 3 is 2.57 bits per heavy atom. The Hall–Kier alpha value is -0.720. The van der Waals surface area contributed by atoms with Crippen molar-refractivity contribution in [3.63, 3.8) is 0 Å². The second-order valence-electron chi connectivity index (χ2n) is 5.61. The molecule has 1 heterocycles. The third-order valence-electron chi connectivity index (χ3n) is 3.43. The highest BCUT2D eigenvalue weighted by molar-refractivity contribution is 7.99. The zero-order valence-corrected chi connectivity index (χ0v) is 14.9. The van der Waals surface area contributed by atoms with Crippen LogP contribution in [0.15, 0.2) is 23.1 Å². The Bertz CT molecular complexity index is 767. The van der Waals surface area contributed by atoms with Crippen molar-refractivity contribution in [2.75, 3.05) is 12.5 Å². The lowest BCUT2D eigenvalue weighted by Gasteiger charge is -2.24. The molecule has 2 rings (SSSR count). The van der Waals surface area contributed by atoms with Gasteiger partial charge in [-0.1, -0.05) is 6.07 Å². The summed E-state index contributed by atoms with van der Waals surface area (Å²) in [5.74, 6) is 0.951. The van der Waals surface area contributed by atoms with Crippen molar-refractivity contribution in [2.24, 2.45) is 0 Å². The number of fused-ring (bicyclic) bond motifs is 1. The van der Waals surface area contributed by atoms with Crippen LogP contribution in [0, 0.1) is 0 Å². The second kappa shape index (κ2) is 5.82. The number of aromatic nitrogens is 2. The van der Waals surface area contributed by atoms with Gasteiger partial charge >= 0.3 is 0 Å². The molecule has 0 radical (unpaired) electrons. The van der Waals surface area contributed by atoms with Gasteiger partial charge in [0.25, 0.3) is 0 Å². The van der Waals surface area contributed by atoms with Crippen molar-refractivity contribution in [3.05, 3.63) is 24.0 Å². The van der Waals surface area contributed by atoms with E-state index < -0.39 is 9.84 Å². The molecule has 0 fully saturated rings. The van der Waals surface area contributed by atoms with Crippen molar-refractivity contribution < 1.29 is 8.42 Å². The summed E-state index contributed by atoms with van der Waals surface area (Å²) in [5.41, 5.74) is 1.32. The summed E-state index contributed by atoms with van der Waals surface area (Å²) < 4.78 is 25.9. The van der Waals surface area contributed by atoms with Crippen LogP contribution in [0.4, 0.5) is 0 Å². The number of rotatable bonds is 5. The zero-order valence-electron chi connectivity index (χ0n) is 12.6. The van der Waals surface area contributed by atoms with Gasteiger partial charge in [-0.25, -0.2) is 13.4 Å². The first-order valence-corrected chi connectivity index (χ1v) is 10.1. The average molecular weight is 347 g/mol. The SMILES string of the molecule is CSC(C)(C)Cn1c(CCl)nc2c(S(C)(=O)=O)cccc21. The molecule has 0 aliphatic carbocycles. The molecule has 21 heavy (non-hydrogen) atoms. The van der Waals surface area contributed by atoms with Gasteiger partial charge in [0.15, 0.2) is 9.84 Å². The fourth-order valence-corrected chi connectivity index (χ4v) is 3.48. The van der Waals surface area contributed by atoms with E-state index >= 15 is 0 Å². The van der Waals surface area contributed by atoms with Gasteiger partial charge in [-0.05, 0) is 32.2 Å². The predicted octanol–water partition coefficient (Wildman–Crippen LogP) is 3.32. The van der Waals surface area contributed by atoms with Crippen LogP contribution in [-0.4, -0.2) is 35.2 Å². The molecule has 116 valence electrons. The van der Waals surface area contributed by atoms with E-state index in [1.807, 2.05) is 10.6 Å². The summed E-state index contributed by atoms with van der Waals surface area (Å²) in [7, 11) is -3.31. The molecule has 0 atom stereocenters. The summed E-state index contributed by atoms with van der Waals surface area (Å²) in [4.78, 5) is 4.72. The molecule has 0 spiro atoms. The van der Waals surface area contributed by atoms with E-state index in [-0.39, 0.29) is 15.5 Å². The number of nitrogens with zero attached hydrogens (tertiary/aromatic N) is 2. The number of hydrogen-bond acceptors (Lipinski definition) is 4. The third-order valence-corrected chi connectivity index (χ3v) is 6.03. The molecule has 1 aromatic heterocycles. The van der Waals surface area contributed by atoms with Crippen LogP contribution in [0.5, 0.6) is 0 Å².